The first-order valence-electron chi connectivity index (χ1n) is 6.02. The standard InChI is InChI=1S/C13H9Br2N3O5/c1-23-11-6(4-7(14)5-8(11)15)2-3-9-16-12(19)10(18(21)22)13(20)17-9/h2-5H,1H3,(H2,16,17,19,20)/b3-2-. The lowest BCUT2D eigenvalue weighted by molar-refractivity contribution is -0.387. The predicted octanol–water partition coefficient (Wildman–Crippen LogP) is 3.09. The molecule has 0 aliphatic heterocycles. The van der Waals surface area contributed by atoms with Crippen LogP contribution in [0.5, 0.6) is 11.6 Å². The number of rotatable bonds is 4. The maximum Gasteiger partial charge on any atom is 0.395 e. The van der Waals surface area contributed by atoms with E-state index in [0.29, 0.717) is 15.8 Å². The van der Waals surface area contributed by atoms with Crippen LogP contribution in [0, 0.1) is 10.1 Å². The van der Waals surface area contributed by atoms with Crippen molar-refractivity contribution in [2.75, 3.05) is 7.11 Å². The number of nitrogens with zero attached hydrogens (tertiary/aromatic N) is 2. The summed E-state index contributed by atoms with van der Waals surface area (Å²) >= 11 is 6.70. The summed E-state index contributed by atoms with van der Waals surface area (Å²) in [5.74, 6) is -0.421. The minimum absolute atomic E-state index is 0.0312. The number of benzene rings is 1. The number of halogens is 2. The van der Waals surface area contributed by atoms with Crippen molar-refractivity contribution in [3.8, 4) is 11.6 Å². The summed E-state index contributed by atoms with van der Waals surface area (Å²) in [5, 5.41) is 20.1. The summed E-state index contributed by atoms with van der Waals surface area (Å²) in [4.78, 5) is 27.0. The average Bonchev–Trinajstić information content (AvgIpc) is 2.43. The van der Waals surface area contributed by atoms with E-state index in [1.54, 1.807) is 18.2 Å². The second-order valence-electron chi connectivity index (χ2n) is 4.22. The highest BCUT2D eigenvalue weighted by Crippen LogP contribution is 2.33. The molecule has 2 N–H and O–H groups in total. The molecule has 0 spiro atoms. The van der Waals surface area contributed by atoms with Gasteiger partial charge in [-0.05, 0) is 40.2 Å². The maximum absolute atomic E-state index is 11.6. The van der Waals surface area contributed by atoms with Crippen LogP contribution in [-0.4, -0.2) is 27.1 Å². The molecule has 1 aromatic carbocycles. The molecule has 0 aliphatic carbocycles. The van der Waals surface area contributed by atoms with Crippen molar-refractivity contribution in [1.29, 1.82) is 0 Å². The van der Waals surface area contributed by atoms with E-state index < -0.39 is 22.0 Å². The number of methoxy groups -OCH3 is 1. The predicted molar refractivity (Wildman–Crippen MR) is 90.5 cm³/mol. The first-order valence-corrected chi connectivity index (χ1v) is 7.61. The van der Waals surface area contributed by atoms with Gasteiger partial charge >= 0.3 is 11.2 Å². The van der Waals surface area contributed by atoms with Crippen molar-refractivity contribution in [2.24, 2.45) is 0 Å². The summed E-state index contributed by atoms with van der Waals surface area (Å²) in [7, 11) is 1.50. The van der Waals surface area contributed by atoms with Crippen LogP contribution in [0.25, 0.3) is 12.2 Å². The molecule has 0 saturated carbocycles. The normalized spacial score (nSPS) is 10.9. The van der Waals surface area contributed by atoms with E-state index in [4.69, 9.17) is 4.74 Å². The molecule has 2 aromatic rings. The Labute approximate surface area is 146 Å². The van der Waals surface area contributed by atoms with Gasteiger partial charge in [0.05, 0.1) is 16.5 Å². The van der Waals surface area contributed by atoms with Crippen LogP contribution >= 0.6 is 31.9 Å². The van der Waals surface area contributed by atoms with Crippen LogP contribution in [0.2, 0.25) is 0 Å². The van der Waals surface area contributed by atoms with Gasteiger partial charge in [-0.2, -0.15) is 4.98 Å². The van der Waals surface area contributed by atoms with Crippen LogP contribution in [0.1, 0.15) is 11.4 Å². The lowest BCUT2D eigenvalue weighted by atomic mass is 10.2. The molecule has 0 amide bonds. The Morgan fingerprint density at radius 3 is 2.65 bits per heavy atom. The topological polar surface area (TPSA) is 118 Å². The molecule has 0 bridgehead atoms. The molecule has 8 nitrogen and oxygen atoms in total. The fourth-order valence-electron chi connectivity index (χ4n) is 1.80. The smallest absolute Gasteiger partial charge is 0.395 e. The summed E-state index contributed by atoms with van der Waals surface area (Å²) in [6.07, 6.45) is 2.97. The Kier molecular flexibility index (Phi) is 5.16. The van der Waals surface area contributed by atoms with Gasteiger partial charge in [0, 0.05) is 10.0 Å². The zero-order chi connectivity index (χ0) is 17.1. The lowest BCUT2D eigenvalue weighted by Gasteiger charge is -2.08. The van der Waals surface area contributed by atoms with Gasteiger partial charge in [-0.15, -0.1) is 0 Å². The SMILES string of the molecule is COc1c(Br)cc(Br)cc1/C=C\c1nc(O)c([N+](=O)[O-])c(=O)[nH]1. The van der Waals surface area contributed by atoms with E-state index in [9.17, 15) is 20.0 Å². The van der Waals surface area contributed by atoms with Gasteiger partial charge in [-0.1, -0.05) is 15.9 Å². The third-order valence-electron chi connectivity index (χ3n) is 2.74. The van der Waals surface area contributed by atoms with Gasteiger partial charge in [0.25, 0.3) is 5.88 Å². The summed E-state index contributed by atoms with van der Waals surface area (Å²) in [6, 6.07) is 3.57. The number of nitrogens with one attached hydrogen (secondary N) is 1. The Morgan fingerprint density at radius 2 is 2.09 bits per heavy atom. The number of aromatic hydroxyl groups is 1. The van der Waals surface area contributed by atoms with E-state index >= 15 is 0 Å². The second-order valence-corrected chi connectivity index (χ2v) is 5.99. The van der Waals surface area contributed by atoms with Crippen LogP contribution in [0.3, 0.4) is 0 Å². The van der Waals surface area contributed by atoms with Crippen molar-refractivity contribution in [2.45, 2.75) is 0 Å². The van der Waals surface area contributed by atoms with Gasteiger partial charge in [0.2, 0.25) is 0 Å². The third-order valence-corrected chi connectivity index (χ3v) is 3.79. The number of H-pyrrole nitrogens is 1. The Bertz CT molecular complexity index is 863. The lowest BCUT2D eigenvalue weighted by Crippen LogP contribution is -2.14. The highest BCUT2D eigenvalue weighted by atomic mass is 79.9. The molecule has 0 aliphatic rings. The minimum Gasteiger partial charge on any atom is -0.495 e. The van der Waals surface area contributed by atoms with Crippen molar-refractivity contribution in [1.82, 2.24) is 9.97 Å². The zero-order valence-electron chi connectivity index (χ0n) is 11.5. The van der Waals surface area contributed by atoms with Crippen LogP contribution < -0.4 is 10.3 Å². The molecule has 1 heterocycles. The molecule has 0 saturated heterocycles. The molecule has 0 radical (unpaired) electrons. The van der Waals surface area contributed by atoms with E-state index in [2.05, 4.69) is 41.8 Å². The fraction of sp³-hybridized carbons (Fsp3) is 0.0769. The molecule has 120 valence electrons. The van der Waals surface area contributed by atoms with Crippen molar-refractivity contribution in [3.05, 3.63) is 52.9 Å². The Morgan fingerprint density at radius 1 is 1.39 bits per heavy atom. The fourth-order valence-corrected chi connectivity index (χ4v) is 3.22. The number of ether oxygens (including phenoxy) is 1. The van der Waals surface area contributed by atoms with Crippen LogP contribution in [0.15, 0.2) is 25.9 Å². The zero-order valence-corrected chi connectivity index (χ0v) is 14.7. The summed E-state index contributed by atoms with van der Waals surface area (Å²) in [5.41, 5.74) is -1.37. The van der Waals surface area contributed by atoms with Gasteiger partial charge in [-0.3, -0.25) is 14.9 Å². The highest BCUT2D eigenvalue weighted by Gasteiger charge is 2.21. The Balaban J connectivity index is 2.46. The van der Waals surface area contributed by atoms with Crippen molar-refractivity contribution >= 4 is 49.7 Å². The Hall–Kier alpha value is -2.20. The first kappa shape index (κ1) is 17.2. The largest absolute Gasteiger partial charge is 0.495 e. The van der Waals surface area contributed by atoms with E-state index in [0.717, 1.165) is 4.47 Å². The minimum atomic E-state index is -1.04. The quantitative estimate of drug-likeness (QED) is 0.550. The number of hydrogen-bond acceptors (Lipinski definition) is 6. The third kappa shape index (κ3) is 3.77. The maximum atomic E-state index is 11.6. The van der Waals surface area contributed by atoms with Gasteiger partial charge in [-0.25, -0.2) is 0 Å². The molecule has 0 atom stereocenters. The number of hydrogen-bond donors (Lipinski definition) is 2. The highest BCUT2D eigenvalue weighted by molar-refractivity contribution is 9.11. The average molecular weight is 447 g/mol. The number of nitro groups is 1. The molecule has 10 heteroatoms. The van der Waals surface area contributed by atoms with Crippen molar-refractivity contribution < 1.29 is 14.8 Å². The molecule has 0 fully saturated rings. The molecular formula is C13H9Br2N3O5. The van der Waals surface area contributed by atoms with E-state index in [1.165, 1.54) is 13.2 Å². The summed E-state index contributed by atoms with van der Waals surface area (Å²) in [6.45, 7) is 0. The van der Waals surface area contributed by atoms with E-state index in [1.807, 2.05) is 0 Å². The number of aromatic nitrogens is 2. The van der Waals surface area contributed by atoms with Crippen molar-refractivity contribution in [3.63, 3.8) is 0 Å². The second kappa shape index (κ2) is 6.92. The van der Waals surface area contributed by atoms with Crippen LogP contribution in [-0.2, 0) is 0 Å². The van der Waals surface area contributed by atoms with E-state index in [-0.39, 0.29) is 5.82 Å². The number of aromatic amines is 1. The van der Waals surface area contributed by atoms with Crippen LogP contribution in [0.4, 0.5) is 5.69 Å². The van der Waals surface area contributed by atoms with Gasteiger partial charge < -0.3 is 14.8 Å². The molecule has 2 rings (SSSR count). The summed E-state index contributed by atoms with van der Waals surface area (Å²) < 4.78 is 6.77. The molecule has 23 heavy (non-hydrogen) atoms. The first-order chi connectivity index (χ1) is 10.8. The van der Waals surface area contributed by atoms with Gasteiger partial charge in [0.15, 0.2) is 0 Å². The monoisotopic (exact) mass is 445 g/mol. The molecule has 0 unspecified atom stereocenters. The van der Waals surface area contributed by atoms with Gasteiger partial charge in [0.1, 0.15) is 11.6 Å². The molecule has 1 aromatic heterocycles. The molecular weight excluding hydrogens is 438 g/mol.